The zero-order chi connectivity index (χ0) is 15.1. The van der Waals surface area contributed by atoms with Gasteiger partial charge in [0.1, 0.15) is 0 Å². The molecule has 0 fully saturated rings. The Morgan fingerprint density at radius 1 is 1.20 bits per heavy atom. The summed E-state index contributed by atoms with van der Waals surface area (Å²) in [5.41, 5.74) is 1.19. The lowest BCUT2D eigenvalue weighted by Crippen LogP contribution is -2.39. The predicted octanol–water partition coefficient (Wildman–Crippen LogP) is 1.78. The minimum Gasteiger partial charge on any atom is -0.396 e. The average molecular weight is 278 g/mol. The third kappa shape index (κ3) is 5.01. The van der Waals surface area contributed by atoms with Crippen LogP contribution in [0.5, 0.6) is 0 Å². The summed E-state index contributed by atoms with van der Waals surface area (Å²) in [6.07, 6.45) is 0.535. The largest absolute Gasteiger partial charge is 0.396 e. The van der Waals surface area contributed by atoms with E-state index in [1.54, 1.807) is 24.3 Å². The normalized spacial score (nSPS) is 12.1. The van der Waals surface area contributed by atoms with Crippen LogP contribution in [0.1, 0.15) is 37.6 Å². The van der Waals surface area contributed by atoms with Crippen molar-refractivity contribution in [2.75, 3.05) is 11.9 Å². The number of amides is 2. The van der Waals surface area contributed by atoms with Gasteiger partial charge in [0.05, 0.1) is 0 Å². The maximum Gasteiger partial charge on any atom is 0.251 e. The summed E-state index contributed by atoms with van der Waals surface area (Å²) in [6, 6.07) is 6.65. The second-order valence-electron chi connectivity index (χ2n) is 5.09. The molecule has 5 nitrogen and oxygen atoms in total. The van der Waals surface area contributed by atoms with Crippen molar-refractivity contribution in [2.45, 2.75) is 33.2 Å². The minimum atomic E-state index is -0.175. The van der Waals surface area contributed by atoms with Gasteiger partial charge in [0.15, 0.2) is 0 Å². The minimum absolute atomic E-state index is 0.0462. The number of aliphatic hydroxyl groups is 1. The molecule has 1 aromatic rings. The van der Waals surface area contributed by atoms with E-state index in [1.165, 1.54) is 6.92 Å². The van der Waals surface area contributed by atoms with Crippen LogP contribution in [-0.2, 0) is 4.79 Å². The van der Waals surface area contributed by atoms with Crippen molar-refractivity contribution in [2.24, 2.45) is 5.92 Å². The van der Waals surface area contributed by atoms with Crippen LogP contribution in [0.3, 0.4) is 0 Å². The molecule has 3 N–H and O–H groups in total. The molecule has 0 spiro atoms. The summed E-state index contributed by atoms with van der Waals surface area (Å²) in [5.74, 6) is -0.0682. The quantitative estimate of drug-likeness (QED) is 0.742. The van der Waals surface area contributed by atoms with Crippen LogP contribution in [0.15, 0.2) is 24.3 Å². The van der Waals surface area contributed by atoms with Crippen LogP contribution in [0, 0.1) is 5.92 Å². The molecule has 0 aliphatic rings. The summed E-state index contributed by atoms with van der Waals surface area (Å²) in [5, 5.41) is 14.6. The Labute approximate surface area is 119 Å². The zero-order valence-electron chi connectivity index (χ0n) is 12.1. The molecule has 0 radical (unpaired) electrons. The smallest absolute Gasteiger partial charge is 0.251 e. The molecule has 1 atom stereocenters. The van der Waals surface area contributed by atoms with E-state index in [9.17, 15) is 9.59 Å². The second kappa shape index (κ2) is 7.65. The highest BCUT2D eigenvalue weighted by molar-refractivity contribution is 5.95. The number of hydrogen-bond acceptors (Lipinski definition) is 3. The van der Waals surface area contributed by atoms with E-state index in [2.05, 4.69) is 10.6 Å². The SMILES string of the molecule is CC(=O)Nc1ccc(C(=O)NC(CCO)C(C)C)cc1. The first-order chi connectivity index (χ1) is 9.43. The van der Waals surface area contributed by atoms with Gasteiger partial charge in [-0.15, -0.1) is 0 Å². The van der Waals surface area contributed by atoms with Crippen LogP contribution in [0.4, 0.5) is 5.69 Å². The Balaban J connectivity index is 2.69. The molecule has 1 rings (SSSR count). The molecule has 2 amide bonds. The van der Waals surface area contributed by atoms with E-state index in [0.29, 0.717) is 17.7 Å². The van der Waals surface area contributed by atoms with Crippen LogP contribution in [0.25, 0.3) is 0 Å². The third-order valence-corrected chi connectivity index (χ3v) is 3.03. The van der Waals surface area contributed by atoms with Gasteiger partial charge >= 0.3 is 0 Å². The Morgan fingerprint density at radius 2 is 1.80 bits per heavy atom. The molecule has 0 heterocycles. The van der Waals surface area contributed by atoms with E-state index in [0.717, 1.165) is 0 Å². The highest BCUT2D eigenvalue weighted by Gasteiger charge is 2.16. The molecular weight excluding hydrogens is 256 g/mol. The first kappa shape index (κ1) is 16.2. The molecule has 0 bridgehead atoms. The number of carbonyl (C=O) groups is 2. The number of hydrogen-bond donors (Lipinski definition) is 3. The van der Waals surface area contributed by atoms with Gasteiger partial charge in [0, 0.05) is 30.8 Å². The van der Waals surface area contributed by atoms with Crippen molar-refractivity contribution in [3.05, 3.63) is 29.8 Å². The van der Waals surface area contributed by atoms with E-state index >= 15 is 0 Å². The summed E-state index contributed by atoms with van der Waals surface area (Å²) >= 11 is 0. The van der Waals surface area contributed by atoms with Gasteiger partial charge in [0.25, 0.3) is 5.91 Å². The Bertz CT molecular complexity index is 455. The molecule has 5 heteroatoms. The number of anilines is 1. The van der Waals surface area contributed by atoms with Crippen molar-refractivity contribution in [1.82, 2.24) is 5.32 Å². The molecule has 0 saturated heterocycles. The van der Waals surface area contributed by atoms with Crippen molar-refractivity contribution in [1.29, 1.82) is 0 Å². The van der Waals surface area contributed by atoms with E-state index in [1.807, 2.05) is 13.8 Å². The first-order valence-corrected chi connectivity index (χ1v) is 6.73. The van der Waals surface area contributed by atoms with Gasteiger partial charge in [0.2, 0.25) is 5.91 Å². The monoisotopic (exact) mass is 278 g/mol. The summed E-state index contributed by atoms with van der Waals surface area (Å²) in [7, 11) is 0. The second-order valence-corrected chi connectivity index (χ2v) is 5.09. The number of nitrogens with one attached hydrogen (secondary N) is 2. The van der Waals surface area contributed by atoms with Gasteiger partial charge in [-0.1, -0.05) is 13.8 Å². The molecule has 0 aliphatic heterocycles. The lowest BCUT2D eigenvalue weighted by atomic mass is 10.0. The van der Waals surface area contributed by atoms with Crippen molar-refractivity contribution in [3.63, 3.8) is 0 Å². The standard InChI is InChI=1S/C15H22N2O3/c1-10(2)14(8-9-18)17-15(20)12-4-6-13(7-5-12)16-11(3)19/h4-7,10,14,18H,8-9H2,1-3H3,(H,16,19)(H,17,20). The molecule has 1 unspecified atom stereocenters. The van der Waals surface area contributed by atoms with Crippen molar-refractivity contribution >= 4 is 17.5 Å². The van der Waals surface area contributed by atoms with Crippen molar-refractivity contribution < 1.29 is 14.7 Å². The van der Waals surface area contributed by atoms with E-state index in [-0.39, 0.29) is 30.4 Å². The average Bonchev–Trinajstić information content (AvgIpc) is 2.38. The summed E-state index contributed by atoms with van der Waals surface area (Å²) in [4.78, 5) is 23.0. The Morgan fingerprint density at radius 3 is 2.25 bits per heavy atom. The van der Waals surface area contributed by atoms with Gasteiger partial charge in [-0.25, -0.2) is 0 Å². The molecular formula is C15H22N2O3. The summed E-state index contributed by atoms with van der Waals surface area (Å²) in [6.45, 7) is 5.48. The molecule has 110 valence electrons. The fourth-order valence-electron chi connectivity index (χ4n) is 1.87. The third-order valence-electron chi connectivity index (χ3n) is 3.03. The highest BCUT2D eigenvalue weighted by Crippen LogP contribution is 2.11. The van der Waals surface area contributed by atoms with Crippen LogP contribution < -0.4 is 10.6 Å². The van der Waals surface area contributed by atoms with E-state index < -0.39 is 0 Å². The van der Waals surface area contributed by atoms with Gasteiger partial charge in [-0.3, -0.25) is 9.59 Å². The van der Waals surface area contributed by atoms with Gasteiger partial charge in [-0.05, 0) is 36.6 Å². The lowest BCUT2D eigenvalue weighted by Gasteiger charge is -2.21. The molecule has 0 saturated carbocycles. The Kier molecular flexibility index (Phi) is 6.18. The fraction of sp³-hybridized carbons (Fsp3) is 0.467. The maximum atomic E-state index is 12.1. The van der Waals surface area contributed by atoms with Gasteiger partial charge < -0.3 is 15.7 Å². The lowest BCUT2D eigenvalue weighted by molar-refractivity contribution is -0.114. The Hall–Kier alpha value is -1.88. The predicted molar refractivity (Wildman–Crippen MR) is 78.5 cm³/mol. The van der Waals surface area contributed by atoms with Crippen LogP contribution in [0.2, 0.25) is 0 Å². The zero-order valence-corrected chi connectivity index (χ0v) is 12.1. The maximum absolute atomic E-state index is 12.1. The number of benzene rings is 1. The van der Waals surface area contributed by atoms with Crippen LogP contribution >= 0.6 is 0 Å². The number of carbonyl (C=O) groups excluding carboxylic acids is 2. The summed E-state index contributed by atoms with van der Waals surface area (Å²) < 4.78 is 0. The fourth-order valence-corrected chi connectivity index (χ4v) is 1.87. The van der Waals surface area contributed by atoms with Crippen LogP contribution in [-0.4, -0.2) is 29.6 Å². The molecule has 0 aromatic heterocycles. The first-order valence-electron chi connectivity index (χ1n) is 6.73. The number of rotatable bonds is 6. The molecule has 1 aromatic carbocycles. The van der Waals surface area contributed by atoms with Gasteiger partial charge in [-0.2, -0.15) is 0 Å². The molecule has 20 heavy (non-hydrogen) atoms. The number of aliphatic hydroxyl groups excluding tert-OH is 1. The highest BCUT2D eigenvalue weighted by atomic mass is 16.3. The van der Waals surface area contributed by atoms with E-state index in [4.69, 9.17) is 5.11 Å². The van der Waals surface area contributed by atoms with Crippen molar-refractivity contribution in [3.8, 4) is 0 Å². The molecule has 0 aliphatic carbocycles. The topological polar surface area (TPSA) is 78.4 Å².